The van der Waals surface area contributed by atoms with Crippen LogP contribution in [-0.4, -0.2) is 87.1 Å². The smallest absolute Gasteiger partial charge is 0.274 e. The van der Waals surface area contributed by atoms with Gasteiger partial charge in [-0.25, -0.2) is 22.8 Å². The van der Waals surface area contributed by atoms with E-state index in [2.05, 4.69) is 30.5 Å². The molecule has 0 bridgehead atoms. The molecule has 3 aliphatic carbocycles. The Kier molecular flexibility index (Phi) is 9.41. The molecule has 0 radical (unpaired) electrons. The molecule has 4 fully saturated rings. The topological polar surface area (TPSA) is 203 Å². The van der Waals surface area contributed by atoms with Gasteiger partial charge in [-0.3, -0.25) is 23.9 Å². The lowest BCUT2D eigenvalue weighted by atomic mass is 10.0. The van der Waals surface area contributed by atoms with E-state index in [-0.39, 0.29) is 48.8 Å². The maximum atomic E-state index is 14.7. The Balaban J connectivity index is 1.09. The zero-order chi connectivity index (χ0) is 38.7. The lowest BCUT2D eigenvalue weighted by Gasteiger charge is -2.30. The molecule has 3 N–H and O–H groups in total. The number of fused-ring (bicyclic) bond motifs is 3. The van der Waals surface area contributed by atoms with Gasteiger partial charge in [-0.1, -0.05) is 36.2 Å². The van der Waals surface area contributed by atoms with Crippen molar-refractivity contribution in [3.8, 4) is 5.88 Å². The van der Waals surface area contributed by atoms with Crippen LogP contribution in [0.25, 0.3) is 11.0 Å². The van der Waals surface area contributed by atoms with Gasteiger partial charge in [-0.15, -0.1) is 0 Å². The molecule has 2 aliphatic heterocycles. The minimum absolute atomic E-state index is 0.000955. The van der Waals surface area contributed by atoms with Gasteiger partial charge >= 0.3 is 0 Å². The van der Waals surface area contributed by atoms with Crippen molar-refractivity contribution >= 4 is 44.7 Å². The molecule has 5 atom stereocenters. The highest BCUT2D eigenvalue weighted by molar-refractivity contribution is 7.91. The molecule has 0 unspecified atom stereocenters. The quantitative estimate of drug-likeness (QED) is 0.283. The van der Waals surface area contributed by atoms with Gasteiger partial charge in [0.15, 0.2) is 11.5 Å². The number of carbonyl (C=O) groups is 4. The number of rotatable bonds is 8. The number of halogens is 1. The van der Waals surface area contributed by atoms with E-state index in [1.54, 1.807) is 26.0 Å². The second-order valence-electron chi connectivity index (χ2n) is 15.8. The summed E-state index contributed by atoms with van der Waals surface area (Å²) in [7, 11) is -4.02. The minimum Gasteiger partial charge on any atom is -0.471 e. The summed E-state index contributed by atoms with van der Waals surface area (Å²) in [5.74, 6) is -2.83. The van der Waals surface area contributed by atoms with Gasteiger partial charge in [0.25, 0.3) is 11.8 Å². The van der Waals surface area contributed by atoms with Gasteiger partial charge in [-0.05, 0) is 77.3 Å². The third kappa shape index (κ3) is 7.30. The van der Waals surface area contributed by atoms with Crippen molar-refractivity contribution in [1.82, 2.24) is 35.4 Å². The number of amides is 4. The highest BCUT2D eigenvalue weighted by Crippen LogP contribution is 2.47. The first-order valence-electron chi connectivity index (χ1n) is 19.0. The van der Waals surface area contributed by atoms with E-state index in [4.69, 9.17) is 9.26 Å². The fourth-order valence-electron chi connectivity index (χ4n) is 7.52. The number of aromatic nitrogens is 3. The highest BCUT2D eigenvalue weighted by atomic mass is 32.2. The largest absolute Gasteiger partial charge is 0.471 e. The number of nitrogens with one attached hydrogen (secondary N) is 3. The predicted molar refractivity (Wildman–Crippen MR) is 194 cm³/mol. The van der Waals surface area contributed by atoms with E-state index < -0.39 is 73.9 Å². The number of allylic oxidation sites excluding steroid dienone is 1. The third-order valence-corrected chi connectivity index (χ3v) is 13.7. The fraction of sp³-hybridized carbons (Fsp3) is 0.553. The van der Waals surface area contributed by atoms with Gasteiger partial charge in [0.1, 0.15) is 40.7 Å². The number of hydrogen-bond donors (Lipinski definition) is 3. The normalized spacial score (nSPS) is 27.9. The Morgan fingerprint density at radius 1 is 1.11 bits per heavy atom. The van der Waals surface area contributed by atoms with E-state index >= 15 is 0 Å². The fourth-order valence-corrected chi connectivity index (χ4v) is 8.83. The number of carbonyl (C=O) groups excluding carboxylic acids is 4. The molecular weight excluding hydrogens is 734 g/mol. The molecule has 5 aliphatic rings. The monoisotopic (exact) mass is 777 g/mol. The van der Waals surface area contributed by atoms with Crippen molar-refractivity contribution < 1.29 is 41.2 Å². The summed E-state index contributed by atoms with van der Waals surface area (Å²) >= 11 is 0. The van der Waals surface area contributed by atoms with Crippen LogP contribution in [-0.2, 0) is 24.4 Å². The number of nitrogens with zero attached hydrogens (tertiary/aromatic N) is 4. The standard InChI is InChI=1S/C38H44FN7O8S/c1-21-34(42-31-25(39)10-8-12-26(31)40-21)53-24-17-29-33(48)43-38(36(50)45-55(51,52)37(2)15-16-37)19-23(38)9-6-4-3-5-7-11-27(35(49)46(29)20-24)41-32(47)28-18-30(54-44-28)22-13-14-22/h6,8-10,12,18,22-24,27,29H,3-5,7,11,13-17,19-20H2,1-2H3,(H,41,47)(H,43,48)(H,45,50)/t23-,24-,27+,29+,38-/m1/s1. The maximum absolute atomic E-state index is 14.7. The summed E-state index contributed by atoms with van der Waals surface area (Å²) in [6, 6.07) is 3.76. The van der Waals surface area contributed by atoms with Crippen LogP contribution >= 0.6 is 0 Å². The van der Waals surface area contributed by atoms with Crippen LogP contribution in [0.15, 0.2) is 40.9 Å². The first kappa shape index (κ1) is 37.0. The number of benzene rings is 1. The van der Waals surface area contributed by atoms with Crippen molar-refractivity contribution in [2.45, 2.75) is 119 Å². The summed E-state index contributed by atoms with van der Waals surface area (Å²) in [4.78, 5) is 66.4. The number of sulfonamides is 1. The lowest BCUT2D eigenvalue weighted by Crippen LogP contribution is -2.58. The second kappa shape index (κ2) is 14.0. The van der Waals surface area contributed by atoms with Gasteiger partial charge in [-0.2, -0.15) is 0 Å². The van der Waals surface area contributed by atoms with Gasteiger partial charge in [0, 0.05) is 24.3 Å². The van der Waals surface area contributed by atoms with Crippen molar-refractivity contribution in [3.63, 3.8) is 0 Å². The average Bonchev–Trinajstić information content (AvgIpc) is 4.11. The van der Waals surface area contributed by atoms with Crippen LogP contribution in [0, 0.1) is 18.7 Å². The van der Waals surface area contributed by atoms with E-state index in [1.807, 2.05) is 12.2 Å². The lowest BCUT2D eigenvalue weighted by molar-refractivity contribution is -0.141. The van der Waals surface area contributed by atoms with Crippen LogP contribution in [0.4, 0.5) is 4.39 Å². The molecule has 1 aromatic carbocycles. The Morgan fingerprint density at radius 3 is 2.67 bits per heavy atom. The molecule has 3 saturated carbocycles. The average molecular weight is 778 g/mol. The van der Waals surface area contributed by atoms with E-state index in [0.29, 0.717) is 42.7 Å². The van der Waals surface area contributed by atoms with E-state index in [1.165, 1.54) is 17.0 Å². The van der Waals surface area contributed by atoms with E-state index in [9.17, 15) is 32.0 Å². The summed E-state index contributed by atoms with van der Waals surface area (Å²) in [5, 5.41) is 9.61. The molecule has 4 amide bonds. The SMILES string of the molecule is Cc1nc2cccc(F)c2nc1O[C@@H]1C[C@H]2C(=O)N[C@]3(C(=O)NS(=O)(=O)C4(C)CC4)C[C@H]3C=CCCCCC[C@H](NC(=O)c3cc(C4CC4)on3)C(=O)N2C1. The van der Waals surface area contributed by atoms with Gasteiger partial charge in [0.05, 0.1) is 16.8 Å². The van der Waals surface area contributed by atoms with Crippen molar-refractivity contribution in [2.75, 3.05) is 6.54 Å². The first-order chi connectivity index (χ1) is 26.3. The molecule has 8 rings (SSSR count). The van der Waals surface area contributed by atoms with Crippen LogP contribution in [0.3, 0.4) is 0 Å². The summed E-state index contributed by atoms with van der Waals surface area (Å²) < 4.78 is 53.8. The Labute approximate surface area is 317 Å². The Morgan fingerprint density at radius 2 is 1.91 bits per heavy atom. The molecule has 1 saturated heterocycles. The molecule has 4 heterocycles. The summed E-state index contributed by atoms with van der Waals surface area (Å²) in [6.07, 6.45) is 8.84. The molecule has 3 aromatic rings. The predicted octanol–water partition coefficient (Wildman–Crippen LogP) is 3.48. The highest BCUT2D eigenvalue weighted by Gasteiger charge is 2.63. The number of para-hydroxylation sites is 1. The zero-order valence-corrected chi connectivity index (χ0v) is 31.5. The van der Waals surface area contributed by atoms with Gasteiger partial charge in [0.2, 0.25) is 27.7 Å². The third-order valence-electron chi connectivity index (χ3n) is 11.6. The van der Waals surface area contributed by atoms with Crippen molar-refractivity contribution in [2.24, 2.45) is 5.92 Å². The van der Waals surface area contributed by atoms with Crippen molar-refractivity contribution in [1.29, 1.82) is 0 Å². The minimum atomic E-state index is -4.02. The summed E-state index contributed by atoms with van der Waals surface area (Å²) in [6.45, 7) is 3.12. The first-order valence-corrected chi connectivity index (χ1v) is 20.5. The molecular formula is C38H44FN7O8S. The van der Waals surface area contributed by atoms with E-state index in [0.717, 1.165) is 25.7 Å². The number of ether oxygens (including phenoxy) is 1. The second-order valence-corrected chi connectivity index (χ2v) is 18.0. The van der Waals surface area contributed by atoms with Crippen LogP contribution in [0.5, 0.6) is 5.88 Å². The molecule has 17 heteroatoms. The number of aryl methyl sites for hydroxylation is 1. The molecule has 0 spiro atoms. The van der Waals surface area contributed by atoms with Crippen LogP contribution in [0.1, 0.15) is 105 Å². The number of hydrogen-bond acceptors (Lipinski definition) is 11. The Hall–Kier alpha value is -4.93. The van der Waals surface area contributed by atoms with Crippen LogP contribution in [0.2, 0.25) is 0 Å². The Bertz CT molecular complexity index is 2200. The van der Waals surface area contributed by atoms with Crippen molar-refractivity contribution in [3.05, 3.63) is 59.4 Å². The van der Waals surface area contributed by atoms with Gasteiger partial charge < -0.3 is 24.8 Å². The summed E-state index contributed by atoms with van der Waals surface area (Å²) in [5.41, 5.74) is -0.801. The molecule has 55 heavy (non-hydrogen) atoms. The maximum Gasteiger partial charge on any atom is 0.274 e. The zero-order valence-electron chi connectivity index (χ0n) is 30.7. The molecule has 292 valence electrons. The van der Waals surface area contributed by atoms with Crippen LogP contribution < -0.4 is 20.1 Å². The molecule has 2 aromatic heterocycles. The molecule has 15 nitrogen and oxygen atoms in total.